The molecule has 32 heavy (non-hydrogen) atoms. The SMILES string of the molecule is COc1cc(CN([C@H]2CCCC[C@H]2C)S(=O)(=O)c2ccc(C)cc2)cc(I)c1OC(C)C. The lowest BCUT2D eigenvalue weighted by Crippen LogP contribution is -2.44. The average Bonchev–Trinajstić information content (AvgIpc) is 2.74. The summed E-state index contributed by atoms with van der Waals surface area (Å²) in [4.78, 5) is 0.349. The number of hydrogen-bond donors (Lipinski definition) is 0. The number of benzene rings is 2. The highest BCUT2D eigenvalue weighted by atomic mass is 127. The Labute approximate surface area is 206 Å². The van der Waals surface area contributed by atoms with E-state index >= 15 is 0 Å². The molecular formula is C25H34INO4S. The predicted molar refractivity (Wildman–Crippen MR) is 137 cm³/mol. The molecule has 0 bridgehead atoms. The van der Waals surface area contributed by atoms with Gasteiger partial charge >= 0.3 is 0 Å². The lowest BCUT2D eigenvalue weighted by molar-refractivity contribution is 0.185. The first-order valence-corrected chi connectivity index (χ1v) is 13.8. The molecule has 0 aliphatic heterocycles. The van der Waals surface area contributed by atoms with E-state index in [1.165, 1.54) is 0 Å². The Hall–Kier alpha value is -1.32. The molecule has 0 saturated heterocycles. The van der Waals surface area contributed by atoms with Gasteiger partial charge in [-0.2, -0.15) is 4.31 Å². The predicted octanol–water partition coefficient (Wildman–Crippen LogP) is 6.17. The molecule has 0 spiro atoms. The van der Waals surface area contributed by atoms with Crippen molar-refractivity contribution in [3.05, 3.63) is 51.1 Å². The Kier molecular flexibility index (Phi) is 8.49. The minimum Gasteiger partial charge on any atom is -0.493 e. The number of nitrogens with zero attached hydrogens (tertiary/aromatic N) is 1. The van der Waals surface area contributed by atoms with E-state index in [0.29, 0.717) is 28.9 Å². The van der Waals surface area contributed by atoms with E-state index in [2.05, 4.69) is 29.5 Å². The van der Waals surface area contributed by atoms with Crippen LogP contribution in [0.3, 0.4) is 0 Å². The van der Waals surface area contributed by atoms with Crippen LogP contribution in [-0.2, 0) is 16.6 Å². The lowest BCUT2D eigenvalue weighted by Gasteiger charge is -2.38. The smallest absolute Gasteiger partial charge is 0.243 e. The Bertz CT molecular complexity index is 1020. The van der Waals surface area contributed by atoms with E-state index in [1.54, 1.807) is 23.5 Å². The van der Waals surface area contributed by atoms with Crippen molar-refractivity contribution in [2.45, 2.75) is 77.0 Å². The largest absolute Gasteiger partial charge is 0.493 e. The van der Waals surface area contributed by atoms with E-state index in [-0.39, 0.29) is 12.1 Å². The second-order valence-corrected chi connectivity index (χ2v) is 12.0. The van der Waals surface area contributed by atoms with Crippen LogP contribution in [0.5, 0.6) is 11.5 Å². The van der Waals surface area contributed by atoms with Crippen LogP contribution in [0.4, 0.5) is 0 Å². The fraction of sp³-hybridized carbons (Fsp3) is 0.520. The molecule has 0 unspecified atom stereocenters. The molecule has 0 N–H and O–H groups in total. The van der Waals surface area contributed by atoms with Crippen LogP contribution in [0.2, 0.25) is 0 Å². The standard InChI is InChI=1S/C25H34INO4S/c1-17(2)31-25-22(26)14-20(15-24(25)30-5)16-27(23-9-7-6-8-19(23)4)32(28,29)21-12-10-18(3)11-13-21/h10-15,17,19,23H,6-9,16H2,1-5H3/t19-,23+/m1/s1. The highest BCUT2D eigenvalue weighted by molar-refractivity contribution is 14.1. The van der Waals surface area contributed by atoms with Gasteiger partial charge in [0.15, 0.2) is 11.5 Å². The van der Waals surface area contributed by atoms with E-state index in [9.17, 15) is 8.42 Å². The number of halogens is 1. The molecule has 2 atom stereocenters. The minimum absolute atomic E-state index is 0.0183. The van der Waals surface area contributed by atoms with Crippen LogP contribution in [0.1, 0.15) is 57.6 Å². The third-order valence-electron chi connectivity index (χ3n) is 6.04. The monoisotopic (exact) mass is 571 g/mol. The molecule has 2 aromatic carbocycles. The van der Waals surface area contributed by atoms with Crippen molar-refractivity contribution < 1.29 is 17.9 Å². The van der Waals surface area contributed by atoms with Gasteiger partial charge in [0.25, 0.3) is 0 Å². The molecular weight excluding hydrogens is 537 g/mol. The fourth-order valence-electron chi connectivity index (χ4n) is 4.35. The van der Waals surface area contributed by atoms with Gasteiger partial charge in [-0.3, -0.25) is 0 Å². The van der Waals surface area contributed by atoms with Gasteiger partial charge in [0, 0.05) is 12.6 Å². The molecule has 2 aromatic rings. The topological polar surface area (TPSA) is 55.8 Å². The van der Waals surface area contributed by atoms with Gasteiger partial charge in [0.05, 0.1) is 21.7 Å². The molecule has 1 aliphatic rings. The second kappa shape index (κ2) is 10.7. The quantitative estimate of drug-likeness (QED) is 0.356. The Balaban J connectivity index is 2.03. The van der Waals surface area contributed by atoms with Gasteiger partial charge in [0.2, 0.25) is 10.0 Å². The van der Waals surface area contributed by atoms with Gasteiger partial charge in [-0.1, -0.05) is 37.5 Å². The summed E-state index contributed by atoms with van der Waals surface area (Å²) in [5, 5.41) is 0. The lowest BCUT2D eigenvalue weighted by atomic mass is 9.86. The summed E-state index contributed by atoms with van der Waals surface area (Å²) in [6, 6.07) is 11.0. The normalized spacial score (nSPS) is 19.4. The first kappa shape index (κ1) is 25.3. The first-order valence-electron chi connectivity index (χ1n) is 11.2. The van der Waals surface area contributed by atoms with Crippen LogP contribution in [0, 0.1) is 16.4 Å². The third kappa shape index (κ3) is 5.78. The Morgan fingerprint density at radius 3 is 2.38 bits per heavy atom. The maximum atomic E-state index is 13.8. The van der Waals surface area contributed by atoms with Crippen molar-refractivity contribution in [1.82, 2.24) is 4.31 Å². The van der Waals surface area contributed by atoms with E-state index < -0.39 is 10.0 Å². The maximum absolute atomic E-state index is 13.8. The first-order chi connectivity index (χ1) is 15.1. The third-order valence-corrected chi connectivity index (χ3v) is 8.73. The van der Waals surface area contributed by atoms with Gasteiger partial charge in [-0.05, 0) is 92.0 Å². The van der Waals surface area contributed by atoms with Crippen LogP contribution >= 0.6 is 22.6 Å². The number of sulfonamides is 1. The number of methoxy groups -OCH3 is 1. The number of aryl methyl sites for hydroxylation is 1. The second-order valence-electron chi connectivity index (χ2n) is 8.97. The molecule has 0 heterocycles. The fourth-order valence-corrected chi connectivity index (χ4v) is 6.88. The number of hydrogen-bond acceptors (Lipinski definition) is 4. The van der Waals surface area contributed by atoms with Crippen LogP contribution in [0.15, 0.2) is 41.3 Å². The summed E-state index contributed by atoms with van der Waals surface area (Å²) in [7, 11) is -2.03. The molecule has 0 amide bonds. The molecule has 0 radical (unpaired) electrons. The minimum atomic E-state index is -3.65. The molecule has 0 aromatic heterocycles. The van der Waals surface area contributed by atoms with Gasteiger partial charge in [0.1, 0.15) is 0 Å². The summed E-state index contributed by atoms with van der Waals surface area (Å²) >= 11 is 2.24. The molecule has 1 fully saturated rings. The zero-order chi connectivity index (χ0) is 23.5. The molecule has 1 aliphatic carbocycles. The summed E-state index contributed by atoms with van der Waals surface area (Å²) in [6.07, 6.45) is 4.16. The van der Waals surface area contributed by atoms with E-state index in [0.717, 1.165) is 40.4 Å². The zero-order valence-corrected chi connectivity index (χ0v) is 22.6. The summed E-state index contributed by atoms with van der Waals surface area (Å²) in [6.45, 7) is 8.39. The molecule has 7 heteroatoms. The molecule has 3 rings (SSSR count). The maximum Gasteiger partial charge on any atom is 0.243 e. The highest BCUT2D eigenvalue weighted by Gasteiger charge is 2.36. The van der Waals surface area contributed by atoms with Crippen molar-refractivity contribution in [2.24, 2.45) is 5.92 Å². The molecule has 1 saturated carbocycles. The summed E-state index contributed by atoms with van der Waals surface area (Å²) in [5.41, 5.74) is 1.94. The molecule has 176 valence electrons. The highest BCUT2D eigenvalue weighted by Crippen LogP contribution is 2.37. The summed E-state index contributed by atoms with van der Waals surface area (Å²) in [5.74, 6) is 1.64. The van der Waals surface area contributed by atoms with Crippen LogP contribution in [-0.4, -0.2) is 32.0 Å². The Morgan fingerprint density at radius 1 is 1.12 bits per heavy atom. The van der Waals surface area contributed by atoms with Crippen molar-refractivity contribution in [3.63, 3.8) is 0 Å². The molecule has 5 nitrogen and oxygen atoms in total. The van der Waals surface area contributed by atoms with Crippen molar-refractivity contribution in [2.75, 3.05) is 7.11 Å². The van der Waals surface area contributed by atoms with Crippen molar-refractivity contribution >= 4 is 32.6 Å². The average molecular weight is 572 g/mol. The van der Waals surface area contributed by atoms with Crippen LogP contribution < -0.4 is 9.47 Å². The van der Waals surface area contributed by atoms with Gasteiger partial charge in [-0.25, -0.2) is 8.42 Å². The summed E-state index contributed by atoms with van der Waals surface area (Å²) < 4.78 is 41.8. The van der Waals surface area contributed by atoms with Crippen molar-refractivity contribution in [1.29, 1.82) is 0 Å². The van der Waals surface area contributed by atoms with Gasteiger partial charge < -0.3 is 9.47 Å². The number of ether oxygens (including phenoxy) is 2. The van der Waals surface area contributed by atoms with Gasteiger partial charge in [-0.15, -0.1) is 0 Å². The number of rotatable bonds is 8. The zero-order valence-electron chi connectivity index (χ0n) is 19.6. The Morgan fingerprint density at radius 2 is 1.78 bits per heavy atom. The van der Waals surface area contributed by atoms with E-state index in [1.807, 2.05) is 45.0 Å². The van der Waals surface area contributed by atoms with Crippen LogP contribution in [0.25, 0.3) is 0 Å². The van der Waals surface area contributed by atoms with Crippen molar-refractivity contribution in [3.8, 4) is 11.5 Å². The van der Waals surface area contributed by atoms with E-state index in [4.69, 9.17) is 9.47 Å².